The number of benzene rings is 2. The summed E-state index contributed by atoms with van der Waals surface area (Å²) in [6.07, 6.45) is 3.83. The molecule has 0 bridgehead atoms. The van der Waals surface area contributed by atoms with Gasteiger partial charge in [-0.25, -0.2) is 9.97 Å². The highest BCUT2D eigenvalue weighted by molar-refractivity contribution is 5.98. The molecule has 0 aliphatic carbocycles. The molecule has 0 radical (unpaired) electrons. The van der Waals surface area contributed by atoms with Gasteiger partial charge in [0.1, 0.15) is 5.82 Å². The van der Waals surface area contributed by atoms with Crippen molar-refractivity contribution in [2.45, 2.75) is 32.9 Å². The average Bonchev–Trinajstić information content (AvgIpc) is 3.53. The third-order valence-electron chi connectivity index (χ3n) is 6.61. The number of nitrogens with one attached hydrogen (secondary N) is 1. The van der Waals surface area contributed by atoms with E-state index < -0.39 is 0 Å². The van der Waals surface area contributed by atoms with Gasteiger partial charge in [-0.3, -0.25) is 4.68 Å². The maximum atomic E-state index is 5.73. The Morgan fingerprint density at radius 1 is 1.06 bits per heavy atom. The monoisotopic (exact) mass is 452 g/mol. The molecule has 0 amide bonds. The summed E-state index contributed by atoms with van der Waals surface area (Å²) in [6, 6.07) is 17.4. The van der Waals surface area contributed by atoms with E-state index in [1.807, 2.05) is 12.4 Å². The Labute approximate surface area is 198 Å². The highest BCUT2D eigenvalue weighted by Gasteiger charge is 2.24. The van der Waals surface area contributed by atoms with Crippen LogP contribution in [0, 0.1) is 0 Å². The van der Waals surface area contributed by atoms with Crippen LogP contribution >= 0.6 is 0 Å². The molecular formula is C27H28N6O. The first-order valence-electron chi connectivity index (χ1n) is 11.9. The number of aromatic nitrogens is 5. The van der Waals surface area contributed by atoms with Gasteiger partial charge >= 0.3 is 0 Å². The van der Waals surface area contributed by atoms with Gasteiger partial charge in [-0.05, 0) is 51.1 Å². The van der Waals surface area contributed by atoms with Crippen molar-refractivity contribution in [1.82, 2.24) is 24.7 Å². The third-order valence-corrected chi connectivity index (χ3v) is 6.61. The molecular weight excluding hydrogens is 424 g/mol. The molecule has 6 rings (SSSR count). The van der Waals surface area contributed by atoms with Crippen molar-refractivity contribution in [2.24, 2.45) is 0 Å². The van der Waals surface area contributed by atoms with Crippen molar-refractivity contribution < 1.29 is 4.74 Å². The lowest BCUT2D eigenvalue weighted by Crippen LogP contribution is -2.44. The molecule has 5 aromatic rings. The van der Waals surface area contributed by atoms with E-state index in [-0.39, 0.29) is 12.1 Å². The Kier molecular flexibility index (Phi) is 5.07. The molecule has 34 heavy (non-hydrogen) atoms. The minimum atomic E-state index is 0.229. The van der Waals surface area contributed by atoms with Crippen molar-refractivity contribution in [3.05, 3.63) is 60.9 Å². The number of hydrogen-bond donors (Lipinski definition) is 1. The summed E-state index contributed by atoms with van der Waals surface area (Å²) in [7, 11) is 0. The summed E-state index contributed by atoms with van der Waals surface area (Å²) in [5.41, 5.74) is 5.26. The van der Waals surface area contributed by atoms with Gasteiger partial charge in [0.15, 0.2) is 5.82 Å². The fourth-order valence-corrected chi connectivity index (χ4v) is 4.89. The van der Waals surface area contributed by atoms with Gasteiger partial charge in [0.2, 0.25) is 0 Å². The maximum absolute atomic E-state index is 5.73. The fraction of sp³-hybridized carbons (Fsp3) is 0.296. The van der Waals surface area contributed by atoms with E-state index >= 15 is 0 Å². The number of aromatic amines is 1. The summed E-state index contributed by atoms with van der Waals surface area (Å²) in [5.74, 6) is 1.70. The summed E-state index contributed by atoms with van der Waals surface area (Å²) in [4.78, 5) is 15.9. The molecule has 7 heteroatoms. The Morgan fingerprint density at radius 2 is 1.97 bits per heavy atom. The van der Waals surface area contributed by atoms with Crippen molar-refractivity contribution in [3.8, 4) is 22.6 Å². The normalized spacial score (nSPS) is 16.7. The summed E-state index contributed by atoms with van der Waals surface area (Å²) in [5, 5.41) is 6.70. The van der Waals surface area contributed by atoms with Gasteiger partial charge < -0.3 is 14.6 Å². The standard InChI is InChI=1S/C27H28N6O/c1-17(2)33-25(10-12-29-33)19-7-8-24-22(15-19)27(32-13-14-34-16-18(32)3)31-26(30-24)21-5-4-6-23-20(21)9-11-28-23/h4-12,15,17-18,28H,13-14,16H2,1-3H3/t18-/m1/s1. The number of fused-ring (bicyclic) bond motifs is 2. The van der Waals surface area contributed by atoms with Gasteiger partial charge in [0.05, 0.1) is 30.5 Å². The second-order valence-corrected chi connectivity index (χ2v) is 9.22. The molecule has 4 heterocycles. The first-order valence-corrected chi connectivity index (χ1v) is 11.9. The Morgan fingerprint density at radius 3 is 2.82 bits per heavy atom. The van der Waals surface area contributed by atoms with Crippen LogP contribution in [0.2, 0.25) is 0 Å². The molecule has 0 saturated carbocycles. The molecule has 3 aromatic heterocycles. The van der Waals surface area contributed by atoms with Crippen LogP contribution in [-0.4, -0.2) is 50.5 Å². The lowest BCUT2D eigenvalue weighted by atomic mass is 10.1. The van der Waals surface area contributed by atoms with Crippen LogP contribution in [0.3, 0.4) is 0 Å². The average molecular weight is 453 g/mol. The zero-order chi connectivity index (χ0) is 23.2. The number of rotatable bonds is 4. The third kappa shape index (κ3) is 3.44. The van der Waals surface area contributed by atoms with Crippen molar-refractivity contribution in [2.75, 3.05) is 24.7 Å². The van der Waals surface area contributed by atoms with E-state index in [0.717, 1.165) is 56.8 Å². The van der Waals surface area contributed by atoms with E-state index in [9.17, 15) is 0 Å². The number of nitrogens with zero attached hydrogens (tertiary/aromatic N) is 5. The van der Waals surface area contributed by atoms with Crippen LogP contribution in [0.1, 0.15) is 26.8 Å². The molecule has 0 unspecified atom stereocenters. The largest absolute Gasteiger partial charge is 0.377 e. The predicted molar refractivity (Wildman–Crippen MR) is 136 cm³/mol. The maximum Gasteiger partial charge on any atom is 0.162 e. The molecule has 1 saturated heterocycles. The summed E-state index contributed by atoms with van der Waals surface area (Å²) in [6.45, 7) is 8.67. The number of ether oxygens (including phenoxy) is 1. The fourth-order valence-electron chi connectivity index (χ4n) is 4.89. The highest BCUT2D eigenvalue weighted by Crippen LogP contribution is 2.35. The van der Waals surface area contributed by atoms with Crippen LogP contribution < -0.4 is 4.90 Å². The first-order chi connectivity index (χ1) is 16.6. The molecule has 1 fully saturated rings. The van der Waals surface area contributed by atoms with E-state index in [1.165, 1.54) is 0 Å². The van der Waals surface area contributed by atoms with Crippen LogP contribution in [0.15, 0.2) is 60.9 Å². The van der Waals surface area contributed by atoms with E-state index in [2.05, 4.69) is 89.0 Å². The second kappa shape index (κ2) is 8.25. The van der Waals surface area contributed by atoms with E-state index in [1.54, 1.807) is 0 Å². The van der Waals surface area contributed by atoms with Gasteiger partial charge in [-0.1, -0.05) is 18.2 Å². The number of morpholine rings is 1. The smallest absolute Gasteiger partial charge is 0.162 e. The molecule has 1 atom stereocenters. The molecule has 172 valence electrons. The minimum Gasteiger partial charge on any atom is -0.377 e. The lowest BCUT2D eigenvalue weighted by molar-refractivity contribution is 0.0987. The number of H-pyrrole nitrogens is 1. The van der Waals surface area contributed by atoms with E-state index in [0.29, 0.717) is 13.2 Å². The SMILES string of the molecule is CC(C)n1nccc1-c1ccc2nc(-c3cccc4[nH]ccc34)nc(N3CCOC[C@H]3C)c2c1. The van der Waals surface area contributed by atoms with Crippen molar-refractivity contribution in [1.29, 1.82) is 0 Å². The zero-order valence-electron chi connectivity index (χ0n) is 19.7. The number of hydrogen-bond acceptors (Lipinski definition) is 5. The second-order valence-electron chi connectivity index (χ2n) is 9.22. The van der Waals surface area contributed by atoms with Gasteiger partial charge in [0, 0.05) is 52.4 Å². The van der Waals surface area contributed by atoms with Gasteiger partial charge in [-0.15, -0.1) is 0 Å². The van der Waals surface area contributed by atoms with Crippen LogP contribution in [0.4, 0.5) is 5.82 Å². The molecule has 7 nitrogen and oxygen atoms in total. The Hall–Kier alpha value is -3.71. The molecule has 1 N–H and O–H groups in total. The molecule has 0 spiro atoms. The topological polar surface area (TPSA) is 71.9 Å². The molecule has 1 aliphatic rings. The minimum absolute atomic E-state index is 0.229. The summed E-state index contributed by atoms with van der Waals surface area (Å²) < 4.78 is 7.79. The first kappa shape index (κ1) is 20.9. The van der Waals surface area contributed by atoms with Crippen molar-refractivity contribution in [3.63, 3.8) is 0 Å². The summed E-state index contributed by atoms with van der Waals surface area (Å²) >= 11 is 0. The van der Waals surface area contributed by atoms with Crippen molar-refractivity contribution >= 4 is 27.6 Å². The highest BCUT2D eigenvalue weighted by atomic mass is 16.5. The lowest BCUT2D eigenvalue weighted by Gasteiger charge is -2.35. The Bertz CT molecular complexity index is 1480. The number of anilines is 1. The van der Waals surface area contributed by atoms with Crippen LogP contribution in [0.5, 0.6) is 0 Å². The Balaban J connectivity index is 1.58. The quantitative estimate of drug-likeness (QED) is 0.393. The zero-order valence-corrected chi connectivity index (χ0v) is 19.7. The molecule has 1 aliphatic heterocycles. The van der Waals surface area contributed by atoms with Crippen LogP contribution in [-0.2, 0) is 4.74 Å². The van der Waals surface area contributed by atoms with Crippen LogP contribution in [0.25, 0.3) is 44.5 Å². The predicted octanol–water partition coefficient (Wildman–Crippen LogP) is 5.45. The van der Waals surface area contributed by atoms with Gasteiger partial charge in [0.25, 0.3) is 0 Å². The van der Waals surface area contributed by atoms with E-state index in [4.69, 9.17) is 14.7 Å². The van der Waals surface area contributed by atoms with Gasteiger partial charge in [-0.2, -0.15) is 5.10 Å². The molecule has 2 aromatic carbocycles.